The van der Waals surface area contributed by atoms with Crippen LogP contribution in [0.5, 0.6) is 0 Å². The Hall–Kier alpha value is -2.21. The molecular formula is C15H11F2N. The molecule has 0 aliphatic rings. The van der Waals surface area contributed by atoms with Gasteiger partial charge >= 0.3 is 0 Å². The van der Waals surface area contributed by atoms with Gasteiger partial charge in [-0.25, -0.2) is 8.78 Å². The molecule has 0 saturated carbocycles. The Morgan fingerprint density at radius 1 is 1.06 bits per heavy atom. The summed E-state index contributed by atoms with van der Waals surface area (Å²) < 4.78 is 26.8. The Bertz CT molecular complexity index is 627. The molecule has 0 saturated heterocycles. The SMILES string of the molecule is Cc1cc(CC#N)ccc1-c1cc(F)ccc1F. The van der Waals surface area contributed by atoms with Crippen molar-refractivity contribution >= 4 is 0 Å². The lowest BCUT2D eigenvalue weighted by Crippen LogP contribution is -1.91. The van der Waals surface area contributed by atoms with Gasteiger partial charge in [0, 0.05) is 5.56 Å². The lowest BCUT2D eigenvalue weighted by atomic mass is 9.97. The van der Waals surface area contributed by atoms with E-state index in [0.717, 1.165) is 23.3 Å². The molecule has 0 aliphatic carbocycles. The smallest absolute Gasteiger partial charge is 0.131 e. The van der Waals surface area contributed by atoms with Crippen LogP contribution in [0.2, 0.25) is 0 Å². The van der Waals surface area contributed by atoms with Gasteiger partial charge in [-0.05, 0) is 41.8 Å². The molecule has 0 fully saturated rings. The van der Waals surface area contributed by atoms with Crippen molar-refractivity contribution in [2.45, 2.75) is 13.3 Å². The largest absolute Gasteiger partial charge is 0.207 e. The van der Waals surface area contributed by atoms with Crippen molar-refractivity contribution in [2.75, 3.05) is 0 Å². The average Bonchev–Trinajstić information content (AvgIpc) is 2.33. The van der Waals surface area contributed by atoms with Crippen LogP contribution in [-0.2, 0) is 6.42 Å². The molecule has 2 aromatic rings. The van der Waals surface area contributed by atoms with E-state index in [4.69, 9.17) is 5.26 Å². The van der Waals surface area contributed by atoms with E-state index in [1.165, 1.54) is 6.07 Å². The second-order valence-corrected chi connectivity index (χ2v) is 4.11. The molecule has 0 amide bonds. The van der Waals surface area contributed by atoms with Gasteiger partial charge in [-0.2, -0.15) is 5.26 Å². The van der Waals surface area contributed by atoms with Crippen LogP contribution < -0.4 is 0 Å². The second-order valence-electron chi connectivity index (χ2n) is 4.11. The summed E-state index contributed by atoms with van der Waals surface area (Å²) in [4.78, 5) is 0. The summed E-state index contributed by atoms with van der Waals surface area (Å²) in [6.45, 7) is 1.82. The molecule has 2 rings (SSSR count). The summed E-state index contributed by atoms with van der Waals surface area (Å²) in [5.74, 6) is -0.917. The van der Waals surface area contributed by atoms with Gasteiger partial charge < -0.3 is 0 Å². The zero-order chi connectivity index (χ0) is 13.1. The number of hydrogen-bond donors (Lipinski definition) is 0. The summed E-state index contributed by atoms with van der Waals surface area (Å²) in [6, 6.07) is 10.8. The molecule has 0 unspecified atom stereocenters. The summed E-state index contributed by atoms with van der Waals surface area (Å²) in [5, 5.41) is 8.62. The molecule has 0 heterocycles. The number of nitrogens with zero attached hydrogens (tertiary/aromatic N) is 1. The van der Waals surface area contributed by atoms with Gasteiger partial charge in [0.25, 0.3) is 0 Å². The van der Waals surface area contributed by atoms with E-state index in [0.29, 0.717) is 12.0 Å². The van der Waals surface area contributed by atoms with Crippen molar-refractivity contribution in [1.82, 2.24) is 0 Å². The Balaban J connectivity index is 2.51. The predicted molar refractivity (Wildman–Crippen MR) is 65.8 cm³/mol. The van der Waals surface area contributed by atoms with Crippen molar-refractivity contribution in [3.63, 3.8) is 0 Å². The van der Waals surface area contributed by atoms with Crippen LogP contribution in [0.4, 0.5) is 8.78 Å². The van der Waals surface area contributed by atoms with Crippen LogP contribution in [-0.4, -0.2) is 0 Å². The number of aryl methyl sites for hydroxylation is 1. The van der Waals surface area contributed by atoms with Crippen molar-refractivity contribution in [1.29, 1.82) is 5.26 Å². The molecule has 0 aliphatic heterocycles. The summed E-state index contributed by atoms with van der Waals surface area (Å²) >= 11 is 0. The van der Waals surface area contributed by atoms with Gasteiger partial charge in [-0.1, -0.05) is 18.2 Å². The highest BCUT2D eigenvalue weighted by atomic mass is 19.1. The molecule has 1 nitrogen and oxygen atoms in total. The fourth-order valence-corrected chi connectivity index (χ4v) is 1.93. The Kier molecular flexibility index (Phi) is 3.38. The van der Waals surface area contributed by atoms with Crippen LogP contribution >= 0.6 is 0 Å². The standard InChI is InChI=1S/C15H11F2N/c1-10-8-11(6-7-18)2-4-13(10)14-9-12(16)3-5-15(14)17/h2-5,8-9H,6H2,1H3. The van der Waals surface area contributed by atoms with Gasteiger partial charge in [0.15, 0.2) is 0 Å². The van der Waals surface area contributed by atoms with Crippen LogP contribution in [0.3, 0.4) is 0 Å². The molecule has 0 bridgehead atoms. The minimum Gasteiger partial charge on any atom is -0.207 e. The van der Waals surface area contributed by atoms with E-state index in [2.05, 4.69) is 6.07 Å². The van der Waals surface area contributed by atoms with E-state index < -0.39 is 11.6 Å². The molecule has 0 N–H and O–H groups in total. The minimum absolute atomic E-state index is 0.246. The van der Waals surface area contributed by atoms with Crippen molar-refractivity contribution < 1.29 is 8.78 Å². The molecule has 2 aromatic carbocycles. The zero-order valence-electron chi connectivity index (χ0n) is 9.87. The second kappa shape index (κ2) is 4.97. The van der Waals surface area contributed by atoms with Gasteiger partial charge in [0.1, 0.15) is 11.6 Å². The molecule has 0 radical (unpaired) electrons. The fraction of sp³-hybridized carbons (Fsp3) is 0.133. The average molecular weight is 243 g/mol. The van der Waals surface area contributed by atoms with E-state index >= 15 is 0 Å². The van der Waals surface area contributed by atoms with Crippen LogP contribution in [0.15, 0.2) is 36.4 Å². The zero-order valence-corrected chi connectivity index (χ0v) is 9.87. The number of halogens is 2. The molecule has 3 heteroatoms. The van der Waals surface area contributed by atoms with Crippen molar-refractivity contribution in [3.05, 3.63) is 59.2 Å². The highest BCUT2D eigenvalue weighted by Gasteiger charge is 2.09. The van der Waals surface area contributed by atoms with Crippen LogP contribution in [0.1, 0.15) is 11.1 Å². The van der Waals surface area contributed by atoms with Gasteiger partial charge in [-0.3, -0.25) is 0 Å². The van der Waals surface area contributed by atoms with Gasteiger partial charge in [0.05, 0.1) is 12.5 Å². The summed E-state index contributed by atoms with van der Waals surface area (Å²) in [6.07, 6.45) is 0.312. The lowest BCUT2D eigenvalue weighted by molar-refractivity contribution is 0.603. The first kappa shape index (κ1) is 12.3. The number of benzene rings is 2. The van der Waals surface area contributed by atoms with E-state index in [1.54, 1.807) is 12.1 Å². The predicted octanol–water partition coefficient (Wildman–Crippen LogP) is 4.01. The first-order valence-corrected chi connectivity index (χ1v) is 5.53. The summed E-state index contributed by atoms with van der Waals surface area (Å²) in [5.41, 5.74) is 2.59. The molecule has 90 valence electrons. The van der Waals surface area contributed by atoms with Crippen molar-refractivity contribution in [2.24, 2.45) is 0 Å². The molecule has 0 atom stereocenters. The Labute approximate surface area is 104 Å². The number of rotatable bonds is 2. The summed E-state index contributed by atoms with van der Waals surface area (Å²) in [7, 11) is 0. The van der Waals surface area contributed by atoms with E-state index in [-0.39, 0.29) is 5.56 Å². The fourth-order valence-electron chi connectivity index (χ4n) is 1.93. The van der Waals surface area contributed by atoms with Crippen LogP contribution in [0, 0.1) is 29.9 Å². The first-order valence-electron chi connectivity index (χ1n) is 5.53. The van der Waals surface area contributed by atoms with Crippen LogP contribution in [0.25, 0.3) is 11.1 Å². The quantitative estimate of drug-likeness (QED) is 0.781. The highest BCUT2D eigenvalue weighted by molar-refractivity contribution is 5.68. The van der Waals surface area contributed by atoms with Crippen molar-refractivity contribution in [3.8, 4) is 17.2 Å². The van der Waals surface area contributed by atoms with Gasteiger partial charge in [-0.15, -0.1) is 0 Å². The maximum absolute atomic E-state index is 13.7. The third-order valence-corrected chi connectivity index (χ3v) is 2.79. The molecular weight excluding hydrogens is 232 g/mol. The highest BCUT2D eigenvalue weighted by Crippen LogP contribution is 2.27. The monoisotopic (exact) mass is 243 g/mol. The number of hydrogen-bond acceptors (Lipinski definition) is 1. The topological polar surface area (TPSA) is 23.8 Å². The lowest BCUT2D eigenvalue weighted by Gasteiger charge is -2.08. The molecule has 0 spiro atoms. The normalized spacial score (nSPS) is 10.1. The van der Waals surface area contributed by atoms with E-state index in [1.807, 2.05) is 13.0 Å². The first-order chi connectivity index (χ1) is 8.61. The Morgan fingerprint density at radius 2 is 1.83 bits per heavy atom. The maximum Gasteiger partial charge on any atom is 0.131 e. The minimum atomic E-state index is -0.466. The Morgan fingerprint density at radius 3 is 2.50 bits per heavy atom. The maximum atomic E-state index is 13.7. The number of nitriles is 1. The molecule has 0 aromatic heterocycles. The third-order valence-electron chi connectivity index (χ3n) is 2.79. The van der Waals surface area contributed by atoms with Gasteiger partial charge in [0.2, 0.25) is 0 Å². The van der Waals surface area contributed by atoms with E-state index in [9.17, 15) is 8.78 Å². The third kappa shape index (κ3) is 2.38. The molecule has 18 heavy (non-hydrogen) atoms.